The molecule has 1 unspecified atom stereocenters. The van der Waals surface area contributed by atoms with Gasteiger partial charge in [0.15, 0.2) is 0 Å². The number of ketones is 1. The second-order valence-corrected chi connectivity index (χ2v) is 5.95. The molecular weight excluding hydrogens is 208 g/mol. The van der Waals surface area contributed by atoms with Crippen LogP contribution in [0.2, 0.25) is 0 Å². The van der Waals surface area contributed by atoms with Gasteiger partial charge in [-0.2, -0.15) is 0 Å². The highest BCUT2D eigenvalue weighted by Gasteiger charge is 2.24. The van der Waals surface area contributed by atoms with Gasteiger partial charge in [0.2, 0.25) is 0 Å². The molecule has 0 spiro atoms. The van der Waals surface area contributed by atoms with Gasteiger partial charge in [-0.05, 0) is 31.6 Å². The summed E-state index contributed by atoms with van der Waals surface area (Å²) in [5, 5.41) is 0. The largest absolute Gasteiger partial charge is 0.299 e. The summed E-state index contributed by atoms with van der Waals surface area (Å²) in [5.41, 5.74) is 0. The summed E-state index contributed by atoms with van der Waals surface area (Å²) < 4.78 is 0. The molecule has 1 saturated carbocycles. The summed E-state index contributed by atoms with van der Waals surface area (Å²) in [6, 6.07) is 0. The van der Waals surface area contributed by atoms with Crippen LogP contribution in [0, 0.1) is 17.8 Å². The zero-order valence-electron chi connectivity index (χ0n) is 11.7. The minimum Gasteiger partial charge on any atom is -0.299 e. The second kappa shape index (κ2) is 7.68. The molecule has 98 valence electrons. The Morgan fingerprint density at radius 3 is 2.47 bits per heavy atom. The van der Waals surface area contributed by atoms with E-state index >= 15 is 0 Å². The van der Waals surface area contributed by atoms with E-state index in [1.807, 2.05) is 6.92 Å². The summed E-state index contributed by atoms with van der Waals surface area (Å²) in [4.78, 5) is 12.2. The van der Waals surface area contributed by atoms with E-state index in [0.29, 0.717) is 11.7 Å². The third kappa shape index (κ3) is 5.52. The van der Waals surface area contributed by atoms with Crippen LogP contribution in [-0.4, -0.2) is 5.78 Å². The number of hydrogen-bond acceptors (Lipinski definition) is 1. The third-order valence-corrected chi connectivity index (χ3v) is 3.81. The Labute approximate surface area is 107 Å². The van der Waals surface area contributed by atoms with E-state index in [0.717, 1.165) is 25.2 Å². The number of rotatable bonds is 7. The average molecular weight is 236 g/mol. The van der Waals surface area contributed by atoms with Crippen molar-refractivity contribution in [2.24, 2.45) is 17.8 Å². The maximum atomic E-state index is 12.2. The molecule has 1 atom stereocenters. The van der Waals surface area contributed by atoms with Gasteiger partial charge in [-0.15, -0.1) is 0 Å². The molecule has 0 aromatic heterocycles. The van der Waals surface area contributed by atoms with Crippen molar-refractivity contribution in [3.8, 4) is 0 Å². The Kier molecular flexibility index (Phi) is 6.54. The van der Waals surface area contributed by atoms with Gasteiger partial charge in [-0.1, -0.05) is 51.7 Å². The van der Waals surface area contributed by atoms with Gasteiger partial charge in [0, 0.05) is 12.3 Å². The maximum Gasteiger partial charge on any atom is 0.136 e. The minimum atomic E-state index is 0.289. The molecule has 0 bridgehead atoms. The van der Waals surface area contributed by atoms with Crippen LogP contribution in [0.25, 0.3) is 0 Å². The van der Waals surface area contributed by atoms with Crippen molar-refractivity contribution in [3.63, 3.8) is 0 Å². The molecule has 0 aliphatic heterocycles. The van der Waals surface area contributed by atoms with E-state index < -0.39 is 0 Å². The van der Waals surface area contributed by atoms with Crippen molar-refractivity contribution < 1.29 is 4.79 Å². The molecule has 0 aromatic carbocycles. The van der Waals surface area contributed by atoms with Gasteiger partial charge in [-0.3, -0.25) is 4.79 Å². The van der Waals surface area contributed by atoms with Crippen LogP contribution in [0.1, 0.15) is 65.7 Å². The van der Waals surface area contributed by atoms with Crippen LogP contribution < -0.4 is 0 Å². The van der Waals surface area contributed by atoms with E-state index in [1.54, 1.807) is 0 Å². The van der Waals surface area contributed by atoms with Crippen LogP contribution in [0.4, 0.5) is 0 Å². The summed E-state index contributed by atoms with van der Waals surface area (Å²) in [7, 11) is 0. The third-order valence-electron chi connectivity index (χ3n) is 3.81. The number of Topliss-reactive ketones (excluding diaryl/α,β-unsaturated/α-hetero) is 1. The van der Waals surface area contributed by atoms with Gasteiger partial charge in [0.05, 0.1) is 0 Å². The first-order valence-electron chi connectivity index (χ1n) is 7.27. The van der Waals surface area contributed by atoms with E-state index in [-0.39, 0.29) is 5.92 Å². The average Bonchev–Trinajstić information content (AvgIpc) is 2.75. The van der Waals surface area contributed by atoms with Crippen molar-refractivity contribution in [3.05, 3.63) is 12.2 Å². The van der Waals surface area contributed by atoms with E-state index in [4.69, 9.17) is 0 Å². The fourth-order valence-corrected chi connectivity index (χ4v) is 2.88. The Balaban J connectivity index is 2.48. The molecule has 0 saturated heterocycles. The molecule has 1 fully saturated rings. The molecule has 0 radical (unpaired) electrons. The Hall–Kier alpha value is -0.590. The normalized spacial score (nSPS) is 19.3. The number of allylic oxidation sites excluding steroid dienone is 2. The van der Waals surface area contributed by atoms with Crippen molar-refractivity contribution in [1.82, 2.24) is 0 Å². The first kappa shape index (κ1) is 14.5. The molecule has 0 N–H and O–H groups in total. The number of carbonyl (C=O) groups is 1. The first-order chi connectivity index (χ1) is 8.13. The predicted molar refractivity (Wildman–Crippen MR) is 74.0 cm³/mol. The van der Waals surface area contributed by atoms with Gasteiger partial charge >= 0.3 is 0 Å². The SMILES string of the molecule is C/C=C/CC(CC1CCCC1)C(=O)CC(C)C. The summed E-state index contributed by atoms with van der Waals surface area (Å²) >= 11 is 0. The molecule has 0 aromatic rings. The lowest BCUT2D eigenvalue weighted by molar-refractivity contribution is -0.124. The fraction of sp³-hybridized carbons (Fsp3) is 0.812. The highest BCUT2D eigenvalue weighted by Crippen LogP contribution is 2.32. The van der Waals surface area contributed by atoms with Crippen LogP contribution in [0.15, 0.2) is 12.2 Å². The summed E-state index contributed by atoms with van der Waals surface area (Å²) in [5.74, 6) is 2.10. The minimum absolute atomic E-state index is 0.289. The molecule has 0 heterocycles. The maximum absolute atomic E-state index is 12.2. The summed E-state index contributed by atoms with van der Waals surface area (Å²) in [6.07, 6.45) is 12.5. The lowest BCUT2D eigenvalue weighted by Gasteiger charge is -2.19. The van der Waals surface area contributed by atoms with Crippen LogP contribution >= 0.6 is 0 Å². The lowest BCUT2D eigenvalue weighted by atomic mass is 9.85. The molecule has 17 heavy (non-hydrogen) atoms. The molecule has 1 aliphatic carbocycles. The van der Waals surface area contributed by atoms with E-state index in [9.17, 15) is 4.79 Å². The Morgan fingerprint density at radius 1 is 1.29 bits per heavy atom. The van der Waals surface area contributed by atoms with Crippen molar-refractivity contribution >= 4 is 5.78 Å². The number of carbonyl (C=O) groups excluding carboxylic acids is 1. The Bertz CT molecular complexity index is 246. The quantitative estimate of drug-likeness (QED) is 0.582. The van der Waals surface area contributed by atoms with Crippen molar-refractivity contribution in [2.75, 3.05) is 0 Å². The molecule has 1 heteroatoms. The number of hydrogen-bond donors (Lipinski definition) is 0. The second-order valence-electron chi connectivity index (χ2n) is 5.95. The van der Waals surface area contributed by atoms with Crippen LogP contribution in [-0.2, 0) is 4.79 Å². The lowest BCUT2D eigenvalue weighted by Crippen LogP contribution is -2.18. The van der Waals surface area contributed by atoms with Gasteiger partial charge in [0.1, 0.15) is 5.78 Å². The van der Waals surface area contributed by atoms with Gasteiger partial charge in [0.25, 0.3) is 0 Å². The van der Waals surface area contributed by atoms with Crippen molar-refractivity contribution in [1.29, 1.82) is 0 Å². The molecule has 1 rings (SSSR count). The fourth-order valence-electron chi connectivity index (χ4n) is 2.88. The zero-order valence-corrected chi connectivity index (χ0v) is 11.7. The standard InChI is InChI=1S/C16H28O/c1-4-5-10-15(16(17)11-13(2)3)12-14-8-6-7-9-14/h4-5,13-15H,6-12H2,1-3H3/b5-4+. The zero-order chi connectivity index (χ0) is 12.7. The first-order valence-corrected chi connectivity index (χ1v) is 7.27. The van der Waals surface area contributed by atoms with Crippen LogP contribution in [0.5, 0.6) is 0 Å². The smallest absolute Gasteiger partial charge is 0.136 e. The highest BCUT2D eigenvalue weighted by molar-refractivity contribution is 5.81. The highest BCUT2D eigenvalue weighted by atomic mass is 16.1. The molecule has 1 aliphatic rings. The van der Waals surface area contributed by atoms with E-state index in [1.165, 1.54) is 25.7 Å². The van der Waals surface area contributed by atoms with Gasteiger partial charge in [-0.25, -0.2) is 0 Å². The Morgan fingerprint density at radius 2 is 1.94 bits per heavy atom. The predicted octanol–water partition coefficient (Wildman–Crippen LogP) is 4.76. The monoisotopic (exact) mass is 236 g/mol. The van der Waals surface area contributed by atoms with Gasteiger partial charge < -0.3 is 0 Å². The molecule has 0 amide bonds. The van der Waals surface area contributed by atoms with E-state index in [2.05, 4.69) is 26.0 Å². The van der Waals surface area contributed by atoms with Crippen LogP contribution in [0.3, 0.4) is 0 Å². The topological polar surface area (TPSA) is 17.1 Å². The molecular formula is C16H28O. The van der Waals surface area contributed by atoms with Crippen molar-refractivity contribution in [2.45, 2.75) is 65.7 Å². The molecule has 1 nitrogen and oxygen atoms in total. The summed E-state index contributed by atoms with van der Waals surface area (Å²) in [6.45, 7) is 6.32.